The van der Waals surface area contributed by atoms with Crippen LogP contribution < -0.4 is 5.56 Å². The molecule has 8 heteroatoms. The molecule has 0 aliphatic heterocycles. The zero-order chi connectivity index (χ0) is 18.6. The van der Waals surface area contributed by atoms with Crippen LogP contribution in [0.4, 0.5) is 0 Å². The summed E-state index contributed by atoms with van der Waals surface area (Å²) in [5.74, 6) is -0.948. The summed E-state index contributed by atoms with van der Waals surface area (Å²) >= 11 is 1.12. The Morgan fingerprint density at radius 3 is 2.68 bits per heavy atom. The highest BCUT2D eigenvalue weighted by Crippen LogP contribution is 2.27. The summed E-state index contributed by atoms with van der Waals surface area (Å²) in [4.78, 5) is 41.9. The first kappa shape index (κ1) is 19.1. The molecule has 0 aromatic carbocycles. The van der Waals surface area contributed by atoms with Crippen LogP contribution >= 0.6 is 11.3 Å². The lowest BCUT2D eigenvalue weighted by molar-refractivity contribution is -0.147. The van der Waals surface area contributed by atoms with Crippen LogP contribution in [-0.4, -0.2) is 34.7 Å². The molecule has 2 aromatic rings. The van der Waals surface area contributed by atoms with E-state index in [2.05, 4.69) is 4.98 Å². The summed E-state index contributed by atoms with van der Waals surface area (Å²) in [7, 11) is 0. The van der Waals surface area contributed by atoms with Crippen molar-refractivity contribution in [2.45, 2.75) is 46.6 Å². The van der Waals surface area contributed by atoms with Gasteiger partial charge in [-0.2, -0.15) is 0 Å². The van der Waals surface area contributed by atoms with Crippen LogP contribution in [0.25, 0.3) is 10.2 Å². The second-order valence-electron chi connectivity index (χ2n) is 5.61. The molecule has 0 radical (unpaired) electrons. The zero-order valence-corrected chi connectivity index (χ0v) is 15.6. The predicted molar refractivity (Wildman–Crippen MR) is 95.2 cm³/mol. The number of unbranched alkanes of at least 4 members (excludes halogenated alkanes) is 1. The number of carbonyl (C=O) groups excluding carboxylic acids is 2. The largest absolute Gasteiger partial charge is 0.464 e. The van der Waals surface area contributed by atoms with Gasteiger partial charge in [-0.3, -0.25) is 9.36 Å². The van der Waals surface area contributed by atoms with Crippen molar-refractivity contribution in [2.75, 3.05) is 13.2 Å². The Morgan fingerprint density at radius 2 is 2.04 bits per heavy atom. The Bertz CT molecular complexity index is 839. The van der Waals surface area contributed by atoms with E-state index in [9.17, 15) is 14.4 Å². The average Bonchev–Trinajstić information content (AvgIpc) is 2.92. The molecule has 2 rings (SSSR count). The number of thiophene rings is 1. The number of fused-ring (bicyclic) bond motifs is 1. The van der Waals surface area contributed by atoms with E-state index in [1.807, 2.05) is 6.92 Å². The molecule has 0 fully saturated rings. The van der Waals surface area contributed by atoms with Crippen molar-refractivity contribution in [1.29, 1.82) is 0 Å². The number of carbonyl (C=O) groups is 2. The van der Waals surface area contributed by atoms with Gasteiger partial charge in [-0.05, 0) is 32.8 Å². The van der Waals surface area contributed by atoms with Crippen LogP contribution in [-0.2, 0) is 14.3 Å². The fraction of sp³-hybridized carbons (Fsp3) is 0.529. The number of ether oxygens (including phenoxy) is 2. The van der Waals surface area contributed by atoms with Crippen LogP contribution in [0.1, 0.15) is 54.9 Å². The molecule has 0 aliphatic rings. The third-order valence-corrected chi connectivity index (χ3v) is 5.02. The summed E-state index contributed by atoms with van der Waals surface area (Å²) in [6.07, 6.45) is 3.01. The summed E-state index contributed by atoms with van der Waals surface area (Å²) < 4.78 is 11.4. The maximum absolute atomic E-state index is 12.8. The maximum atomic E-state index is 12.8. The predicted octanol–water partition coefficient (Wildman–Crippen LogP) is 2.85. The van der Waals surface area contributed by atoms with E-state index >= 15 is 0 Å². The summed E-state index contributed by atoms with van der Waals surface area (Å²) in [6, 6.07) is -0.786. The molecule has 0 N–H and O–H groups in total. The van der Waals surface area contributed by atoms with E-state index < -0.39 is 18.0 Å². The Hall–Kier alpha value is -2.22. The topological polar surface area (TPSA) is 87.5 Å². The van der Waals surface area contributed by atoms with Crippen molar-refractivity contribution in [3.8, 4) is 0 Å². The summed E-state index contributed by atoms with van der Waals surface area (Å²) in [5.41, 5.74) is 0.158. The highest BCUT2D eigenvalue weighted by atomic mass is 32.1. The average molecular weight is 366 g/mol. The van der Waals surface area contributed by atoms with Crippen molar-refractivity contribution < 1.29 is 19.1 Å². The molecule has 7 nitrogen and oxygen atoms in total. The van der Waals surface area contributed by atoms with Gasteiger partial charge in [0.2, 0.25) is 0 Å². The van der Waals surface area contributed by atoms with Gasteiger partial charge in [-0.1, -0.05) is 13.3 Å². The van der Waals surface area contributed by atoms with Gasteiger partial charge in [0.1, 0.15) is 15.7 Å². The molecule has 136 valence electrons. The van der Waals surface area contributed by atoms with Crippen molar-refractivity contribution in [1.82, 2.24) is 9.55 Å². The zero-order valence-electron chi connectivity index (χ0n) is 14.8. The van der Waals surface area contributed by atoms with E-state index in [-0.39, 0.29) is 12.2 Å². The third kappa shape index (κ3) is 3.89. The molecule has 2 heterocycles. The molecule has 0 unspecified atom stereocenters. The molecule has 0 saturated carbocycles. The molecule has 1 atom stereocenters. The number of aromatic nitrogens is 2. The fourth-order valence-corrected chi connectivity index (χ4v) is 3.39. The number of esters is 2. The minimum absolute atomic E-state index is 0.255. The molecular weight excluding hydrogens is 344 g/mol. The van der Waals surface area contributed by atoms with Crippen LogP contribution in [0.5, 0.6) is 0 Å². The maximum Gasteiger partial charge on any atom is 0.348 e. The SMILES string of the molecule is CCCCOC(=O)[C@@H](C)n1cnc2sc(C(=O)OCC)c(C)c2c1=O. The van der Waals surface area contributed by atoms with Gasteiger partial charge in [-0.25, -0.2) is 14.6 Å². The second-order valence-corrected chi connectivity index (χ2v) is 6.61. The number of rotatable bonds is 7. The quantitative estimate of drug-likeness (QED) is 0.553. The van der Waals surface area contributed by atoms with Crippen molar-refractivity contribution in [3.05, 3.63) is 27.1 Å². The van der Waals surface area contributed by atoms with Gasteiger partial charge in [0.15, 0.2) is 0 Å². The minimum Gasteiger partial charge on any atom is -0.464 e. The van der Waals surface area contributed by atoms with Gasteiger partial charge in [-0.15, -0.1) is 11.3 Å². The van der Waals surface area contributed by atoms with E-state index in [0.29, 0.717) is 27.3 Å². The van der Waals surface area contributed by atoms with E-state index in [1.54, 1.807) is 20.8 Å². The Kier molecular flexibility index (Phi) is 6.30. The molecule has 0 bridgehead atoms. The molecule has 2 aromatic heterocycles. The minimum atomic E-state index is -0.786. The molecule has 0 amide bonds. The van der Waals surface area contributed by atoms with E-state index in [1.165, 1.54) is 10.9 Å². The second kappa shape index (κ2) is 8.24. The number of aryl methyl sites for hydroxylation is 1. The molecule has 25 heavy (non-hydrogen) atoms. The highest BCUT2D eigenvalue weighted by molar-refractivity contribution is 7.20. The van der Waals surface area contributed by atoms with Crippen molar-refractivity contribution in [2.24, 2.45) is 0 Å². The Balaban J connectivity index is 2.39. The smallest absolute Gasteiger partial charge is 0.348 e. The molecular formula is C17H22N2O5S. The number of hydrogen-bond donors (Lipinski definition) is 0. The van der Waals surface area contributed by atoms with Gasteiger partial charge in [0.05, 0.1) is 24.9 Å². The van der Waals surface area contributed by atoms with Crippen LogP contribution in [0.3, 0.4) is 0 Å². The summed E-state index contributed by atoms with van der Waals surface area (Å²) in [5, 5.41) is 0.337. The van der Waals surface area contributed by atoms with E-state index in [4.69, 9.17) is 9.47 Å². The standard InChI is InChI=1S/C17H22N2O5S/c1-5-7-8-24-16(21)11(4)19-9-18-14-12(15(19)20)10(3)13(25-14)17(22)23-6-2/h9,11H,5-8H2,1-4H3/t11-/m1/s1. The van der Waals surface area contributed by atoms with Gasteiger partial charge in [0.25, 0.3) is 5.56 Å². The van der Waals surface area contributed by atoms with Crippen LogP contribution in [0.15, 0.2) is 11.1 Å². The molecule has 0 aliphatic carbocycles. The highest BCUT2D eigenvalue weighted by Gasteiger charge is 2.23. The normalized spacial score (nSPS) is 12.2. The first-order chi connectivity index (χ1) is 11.9. The first-order valence-corrected chi connectivity index (χ1v) is 9.07. The van der Waals surface area contributed by atoms with E-state index in [0.717, 1.165) is 24.2 Å². The lowest BCUT2D eigenvalue weighted by atomic mass is 10.2. The Labute approximate surface area is 149 Å². The lowest BCUT2D eigenvalue weighted by Crippen LogP contribution is -2.29. The van der Waals surface area contributed by atoms with Crippen LogP contribution in [0.2, 0.25) is 0 Å². The third-order valence-electron chi connectivity index (χ3n) is 3.84. The van der Waals surface area contributed by atoms with Gasteiger partial charge in [0, 0.05) is 0 Å². The molecule has 0 spiro atoms. The van der Waals surface area contributed by atoms with Crippen molar-refractivity contribution in [3.63, 3.8) is 0 Å². The molecule has 0 saturated heterocycles. The fourth-order valence-electron chi connectivity index (χ4n) is 2.36. The lowest BCUT2D eigenvalue weighted by Gasteiger charge is -2.14. The number of hydrogen-bond acceptors (Lipinski definition) is 7. The number of nitrogens with zero attached hydrogens (tertiary/aromatic N) is 2. The summed E-state index contributed by atoms with van der Waals surface area (Å²) in [6.45, 7) is 7.58. The van der Waals surface area contributed by atoms with Gasteiger partial charge < -0.3 is 9.47 Å². The van der Waals surface area contributed by atoms with Crippen molar-refractivity contribution >= 4 is 33.5 Å². The first-order valence-electron chi connectivity index (χ1n) is 8.26. The Morgan fingerprint density at radius 1 is 1.32 bits per heavy atom. The van der Waals surface area contributed by atoms with Gasteiger partial charge >= 0.3 is 11.9 Å². The monoisotopic (exact) mass is 366 g/mol. The van der Waals surface area contributed by atoms with Crippen LogP contribution in [0, 0.1) is 6.92 Å².